The van der Waals surface area contributed by atoms with Crippen LogP contribution < -0.4 is 10.5 Å². The molecule has 98 valence electrons. The molecule has 3 rings (SSSR count). The number of hydrogen-bond acceptors (Lipinski definition) is 3. The monoisotopic (exact) mass is 283 g/mol. The van der Waals surface area contributed by atoms with Crippen LogP contribution in [0.3, 0.4) is 0 Å². The van der Waals surface area contributed by atoms with E-state index in [1.165, 1.54) is 24.2 Å². The smallest absolute Gasteiger partial charge is 0.138 e. The van der Waals surface area contributed by atoms with Gasteiger partial charge in [0.15, 0.2) is 0 Å². The number of hydrogen-bond donors (Lipinski definition) is 1. The summed E-state index contributed by atoms with van der Waals surface area (Å²) in [5, 5.41) is 0.726. The Balaban J connectivity index is 1.76. The average Bonchev–Trinajstić information content (AvgIpc) is 3.02. The molecule has 0 spiro atoms. The van der Waals surface area contributed by atoms with E-state index in [0.29, 0.717) is 12.6 Å². The Labute approximate surface area is 117 Å². The third-order valence-corrected chi connectivity index (χ3v) is 5.40. The predicted molar refractivity (Wildman–Crippen MR) is 77.8 cm³/mol. The van der Waals surface area contributed by atoms with Crippen molar-refractivity contribution in [2.75, 3.05) is 18.1 Å². The Kier molecular flexibility index (Phi) is 3.48. The fraction of sp³-hybridized carbons (Fsp3) is 0.571. The van der Waals surface area contributed by atoms with Crippen LogP contribution in [0.1, 0.15) is 24.8 Å². The van der Waals surface area contributed by atoms with E-state index in [0.717, 1.165) is 22.9 Å². The zero-order valence-corrected chi connectivity index (χ0v) is 11.9. The zero-order chi connectivity index (χ0) is 12.6. The van der Waals surface area contributed by atoms with Crippen LogP contribution in [-0.4, -0.2) is 24.2 Å². The first-order chi connectivity index (χ1) is 8.73. The largest absolute Gasteiger partial charge is 0.488 e. The summed E-state index contributed by atoms with van der Waals surface area (Å²) in [6, 6.07) is 6.18. The Hall–Kier alpha value is -0.380. The minimum Gasteiger partial charge on any atom is -0.488 e. The van der Waals surface area contributed by atoms with E-state index in [-0.39, 0.29) is 5.41 Å². The number of halogens is 1. The Morgan fingerprint density at radius 3 is 2.83 bits per heavy atom. The summed E-state index contributed by atoms with van der Waals surface area (Å²) in [4.78, 5) is 0. The van der Waals surface area contributed by atoms with Gasteiger partial charge in [-0.15, -0.1) is 0 Å². The minimum atomic E-state index is 0.200. The molecule has 0 amide bonds. The molecule has 1 saturated heterocycles. The molecule has 2 nitrogen and oxygen atoms in total. The van der Waals surface area contributed by atoms with Crippen LogP contribution in [-0.2, 0) is 5.41 Å². The molecule has 1 atom stereocenters. The zero-order valence-electron chi connectivity index (χ0n) is 10.3. The molecule has 0 radical (unpaired) electrons. The van der Waals surface area contributed by atoms with Crippen LogP contribution >= 0.6 is 23.4 Å². The molecule has 1 aromatic rings. The average molecular weight is 284 g/mol. The van der Waals surface area contributed by atoms with Gasteiger partial charge in [0.1, 0.15) is 11.9 Å². The van der Waals surface area contributed by atoms with Crippen LogP contribution in [0.25, 0.3) is 0 Å². The molecule has 1 saturated carbocycles. The van der Waals surface area contributed by atoms with Gasteiger partial charge in [-0.2, -0.15) is 11.8 Å². The van der Waals surface area contributed by atoms with Crippen LogP contribution in [0, 0.1) is 0 Å². The summed E-state index contributed by atoms with van der Waals surface area (Å²) in [5.74, 6) is 3.09. The highest BCUT2D eigenvalue weighted by Crippen LogP contribution is 2.48. The van der Waals surface area contributed by atoms with Gasteiger partial charge in [-0.25, -0.2) is 0 Å². The lowest BCUT2D eigenvalue weighted by atomic mass is 9.96. The Morgan fingerprint density at radius 1 is 1.44 bits per heavy atom. The van der Waals surface area contributed by atoms with Gasteiger partial charge in [0.2, 0.25) is 0 Å². The summed E-state index contributed by atoms with van der Waals surface area (Å²) >= 11 is 8.27. The van der Waals surface area contributed by atoms with E-state index >= 15 is 0 Å². The molecule has 2 aliphatic rings. The molecule has 18 heavy (non-hydrogen) atoms. The van der Waals surface area contributed by atoms with Crippen molar-refractivity contribution in [2.45, 2.75) is 30.8 Å². The molecule has 1 heterocycles. The van der Waals surface area contributed by atoms with Gasteiger partial charge >= 0.3 is 0 Å². The van der Waals surface area contributed by atoms with Crippen LogP contribution in [0.2, 0.25) is 5.02 Å². The summed E-state index contributed by atoms with van der Waals surface area (Å²) < 4.78 is 5.94. The van der Waals surface area contributed by atoms with E-state index in [4.69, 9.17) is 22.1 Å². The van der Waals surface area contributed by atoms with E-state index < -0.39 is 0 Å². The highest BCUT2D eigenvalue weighted by atomic mass is 35.5. The van der Waals surface area contributed by atoms with Gasteiger partial charge in [-0.05, 0) is 42.7 Å². The SMILES string of the molecule is NCC1(c2ccc(OC3CCSC3)c(Cl)c2)CC1. The van der Waals surface area contributed by atoms with E-state index in [9.17, 15) is 0 Å². The van der Waals surface area contributed by atoms with Gasteiger partial charge in [-0.3, -0.25) is 0 Å². The molecular formula is C14H18ClNOS. The first-order valence-corrected chi connectivity index (χ1v) is 8.01. The van der Waals surface area contributed by atoms with Gasteiger partial charge in [0.25, 0.3) is 0 Å². The van der Waals surface area contributed by atoms with Crippen molar-refractivity contribution in [3.63, 3.8) is 0 Å². The first-order valence-electron chi connectivity index (χ1n) is 6.48. The summed E-state index contributed by atoms with van der Waals surface area (Å²) in [7, 11) is 0. The van der Waals surface area contributed by atoms with Gasteiger partial charge in [0.05, 0.1) is 5.02 Å². The molecular weight excluding hydrogens is 266 g/mol. The highest BCUT2D eigenvalue weighted by molar-refractivity contribution is 7.99. The molecule has 1 aliphatic heterocycles. The van der Waals surface area contributed by atoms with Crippen molar-refractivity contribution in [3.05, 3.63) is 28.8 Å². The lowest BCUT2D eigenvalue weighted by Gasteiger charge is -2.17. The van der Waals surface area contributed by atoms with Gasteiger partial charge in [0, 0.05) is 17.7 Å². The summed E-state index contributed by atoms with van der Waals surface area (Å²) in [6.45, 7) is 0.711. The molecule has 0 aromatic heterocycles. The lowest BCUT2D eigenvalue weighted by molar-refractivity contribution is 0.229. The third-order valence-electron chi connectivity index (χ3n) is 3.97. The molecule has 0 bridgehead atoms. The van der Waals surface area contributed by atoms with Gasteiger partial charge in [-0.1, -0.05) is 17.7 Å². The number of nitrogens with two attached hydrogens (primary N) is 1. The molecule has 2 fully saturated rings. The molecule has 4 heteroatoms. The second-order valence-electron chi connectivity index (χ2n) is 5.23. The minimum absolute atomic E-state index is 0.200. The number of ether oxygens (including phenoxy) is 1. The van der Waals surface area contributed by atoms with Crippen LogP contribution in [0.4, 0.5) is 0 Å². The fourth-order valence-corrected chi connectivity index (χ4v) is 3.79. The maximum absolute atomic E-state index is 6.33. The van der Waals surface area contributed by atoms with E-state index in [2.05, 4.69) is 6.07 Å². The predicted octanol–water partition coefficient (Wildman–Crippen LogP) is 3.21. The van der Waals surface area contributed by atoms with E-state index in [1.54, 1.807) is 0 Å². The molecule has 1 aromatic carbocycles. The van der Waals surface area contributed by atoms with Crippen molar-refractivity contribution in [2.24, 2.45) is 5.73 Å². The lowest BCUT2D eigenvalue weighted by Crippen LogP contribution is -2.20. The quantitative estimate of drug-likeness (QED) is 0.921. The normalized spacial score (nSPS) is 25.1. The molecule has 1 unspecified atom stereocenters. The number of benzene rings is 1. The highest BCUT2D eigenvalue weighted by Gasteiger charge is 2.43. The maximum Gasteiger partial charge on any atom is 0.138 e. The molecule has 1 aliphatic carbocycles. The number of thioether (sulfide) groups is 1. The van der Waals surface area contributed by atoms with Crippen molar-refractivity contribution in [1.82, 2.24) is 0 Å². The van der Waals surface area contributed by atoms with Crippen molar-refractivity contribution < 1.29 is 4.74 Å². The third kappa shape index (κ3) is 2.36. The Morgan fingerprint density at radius 2 is 2.28 bits per heavy atom. The van der Waals surface area contributed by atoms with Crippen molar-refractivity contribution in [3.8, 4) is 5.75 Å². The standard InChI is InChI=1S/C14H18ClNOS/c15-12-7-10(14(9-16)4-5-14)1-2-13(12)17-11-3-6-18-8-11/h1-2,7,11H,3-6,8-9,16H2. The fourth-order valence-electron chi connectivity index (χ4n) is 2.47. The van der Waals surface area contributed by atoms with E-state index in [1.807, 2.05) is 23.9 Å². The van der Waals surface area contributed by atoms with Crippen LogP contribution in [0.5, 0.6) is 5.75 Å². The number of rotatable bonds is 4. The second kappa shape index (κ2) is 4.95. The summed E-state index contributed by atoms with van der Waals surface area (Å²) in [5.41, 5.74) is 7.31. The van der Waals surface area contributed by atoms with Crippen molar-refractivity contribution in [1.29, 1.82) is 0 Å². The summed E-state index contributed by atoms with van der Waals surface area (Å²) in [6.07, 6.45) is 3.80. The first kappa shape index (κ1) is 12.6. The second-order valence-corrected chi connectivity index (χ2v) is 6.79. The topological polar surface area (TPSA) is 35.2 Å². The maximum atomic E-state index is 6.33. The van der Waals surface area contributed by atoms with Crippen LogP contribution in [0.15, 0.2) is 18.2 Å². The van der Waals surface area contributed by atoms with Gasteiger partial charge < -0.3 is 10.5 Å². The van der Waals surface area contributed by atoms with Crippen molar-refractivity contribution >= 4 is 23.4 Å². The molecule has 2 N–H and O–H groups in total. The Bertz CT molecular complexity index is 441.